The number of carbonyl (C=O) groups is 1. The highest BCUT2D eigenvalue weighted by atomic mass is 79.9. The van der Waals surface area contributed by atoms with Crippen molar-refractivity contribution in [3.63, 3.8) is 0 Å². The Labute approximate surface area is 113 Å². The van der Waals surface area contributed by atoms with Gasteiger partial charge in [-0.15, -0.1) is 0 Å². The second-order valence-electron chi connectivity index (χ2n) is 3.62. The Hall–Kier alpha value is -0.350. The summed E-state index contributed by atoms with van der Waals surface area (Å²) in [4.78, 5) is 11.8. The molecule has 2 nitrogen and oxygen atoms in total. The van der Waals surface area contributed by atoms with Crippen LogP contribution < -0.4 is 5.32 Å². The monoisotopic (exact) mass is 347 g/mol. The van der Waals surface area contributed by atoms with E-state index in [-0.39, 0.29) is 5.91 Å². The van der Waals surface area contributed by atoms with Crippen LogP contribution in [0.2, 0.25) is 0 Å². The summed E-state index contributed by atoms with van der Waals surface area (Å²) in [5.74, 6) is -0.0156. The van der Waals surface area contributed by atoms with Crippen molar-refractivity contribution < 1.29 is 4.79 Å². The lowest BCUT2D eigenvalue weighted by Crippen LogP contribution is -2.24. The molecule has 0 unspecified atom stereocenters. The second kappa shape index (κ2) is 7.07. The highest BCUT2D eigenvalue weighted by molar-refractivity contribution is 9.11. The Bertz CT molecular complexity index is 346. The molecule has 1 aromatic carbocycles. The Kier molecular flexibility index (Phi) is 6.06. The third-order valence-corrected chi connectivity index (χ3v) is 3.11. The molecule has 1 amide bonds. The molecule has 0 aromatic heterocycles. The van der Waals surface area contributed by atoms with Gasteiger partial charge in [-0.25, -0.2) is 0 Å². The smallest absolute Gasteiger partial charge is 0.251 e. The van der Waals surface area contributed by atoms with Crippen molar-refractivity contribution in [3.05, 3.63) is 32.7 Å². The summed E-state index contributed by atoms with van der Waals surface area (Å²) in [6.45, 7) is 2.89. The number of benzene rings is 1. The molecule has 4 heteroatoms. The molecule has 88 valence electrons. The van der Waals surface area contributed by atoms with Crippen LogP contribution in [0, 0.1) is 0 Å². The third-order valence-electron chi connectivity index (χ3n) is 2.19. The fraction of sp³-hybridized carbons (Fsp3) is 0.417. The number of nitrogens with one attached hydrogen (secondary N) is 1. The van der Waals surface area contributed by atoms with E-state index in [0.717, 1.165) is 34.8 Å². The molecule has 1 rings (SSSR count). The van der Waals surface area contributed by atoms with Crippen LogP contribution in [0.3, 0.4) is 0 Å². The van der Waals surface area contributed by atoms with Gasteiger partial charge in [0.25, 0.3) is 5.91 Å². The minimum atomic E-state index is -0.0156. The first kappa shape index (κ1) is 13.7. The molecule has 0 aliphatic rings. The molecule has 0 atom stereocenters. The number of halogens is 2. The lowest BCUT2D eigenvalue weighted by Gasteiger charge is -2.05. The lowest BCUT2D eigenvalue weighted by molar-refractivity contribution is 0.0953. The highest BCUT2D eigenvalue weighted by Crippen LogP contribution is 2.19. The van der Waals surface area contributed by atoms with E-state index in [4.69, 9.17) is 0 Å². The van der Waals surface area contributed by atoms with E-state index in [2.05, 4.69) is 44.1 Å². The summed E-state index contributed by atoms with van der Waals surface area (Å²) in [7, 11) is 0. The van der Waals surface area contributed by atoms with E-state index in [9.17, 15) is 4.79 Å². The topological polar surface area (TPSA) is 29.1 Å². The first-order valence-electron chi connectivity index (χ1n) is 5.37. The van der Waals surface area contributed by atoms with Gasteiger partial charge >= 0.3 is 0 Å². The fourth-order valence-corrected chi connectivity index (χ4v) is 2.66. The van der Waals surface area contributed by atoms with Gasteiger partial charge in [-0.05, 0) is 24.6 Å². The van der Waals surface area contributed by atoms with Crippen molar-refractivity contribution in [2.24, 2.45) is 0 Å². The molecule has 0 radical (unpaired) electrons. The maximum Gasteiger partial charge on any atom is 0.251 e. The molecule has 0 bridgehead atoms. The summed E-state index contributed by atoms with van der Waals surface area (Å²) >= 11 is 6.73. The van der Waals surface area contributed by atoms with E-state index in [1.54, 1.807) is 0 Å². The molecule has 0 saturated heterocycles. The standard InChI is InChI=1S/C12H15Br2NO/c1-2-3-4-5-15-12(16)9-6-10(13)8-11(14)7-9/h6-8H,2-5H2,1H3,(H,15,16). The molecule has 1 N–H and O–H groups in total. The van der Waals surface area contributed by atoms with Crippen LogP contribution in [0.15, 0.2) is 27.1 Å². The van der Waals surface area contributed by atoms with Gasteiger partial charge in [-0.3, -0.25) is 4.79 Å². The highest BCUT2D eigenvalue weighted by Gasteiger charge is 2.06. The van der Waals surface area contributed by atoms with Crippen molar-refractivity contribution in [3.8, 4) is 0 Å². The average Bonchev–Trinajstić information content (AvgIpc) is 2.22. The summed E-state index contributed by atoms with van der Waals surface area (Å²) in [5, 5.41) is 2.91. The second-order valence-corrected chi connectivity index (χ2v) is 5.45. The van der Waals surface area contributed by atoms with Gasteiger partial charge in [-0.1, -0.05) is 51.6 Å². The Morgan fingerprint density at radius 2 is 1.81 bits per heavy atom. The maximum atomic E-state index is 11.8. The zero-order chi connectivity index (χ0) is 12.0. The van der Waals surface area contributed by atoms with Gasteiger partial charge in [0.05, 0.1) is 0 Å². The van der Waals surface area contributed by atoms with Crippen molar-refractivity contribution in [2.75, 3.05) is 6.54 Å². The minimum absolute atomic E-state index is 0.0156. The molecule has 0 aliphatic carbocycles. The summed E-state index contributed by atoms with van der Waals surface area (Å²) in [6, 6.07) is 5.55. The normalized spacial score (nSPS) is 10.2. The van der Waals surface area contributed by atoms with Crippen molar-refractivity contribution in [2.45, 2.75) is 26.2 Å². The molecule has 0 spiro atoms. The van der Waals surface area contributed by atoms with Gasteiger partial charge < -0.3 is 5.32 Å². The minimum Gasteiger partial charge on any atom is -0.352 e. The van der Waals surface area contributed by atoms with E-state index in [1.165, 1.54) is 0 Å². The summed E-state index contributed by atoms with van der Waals surface area (Å²) in [5.41, 5.74) is 0.678. The number of rotatable bonds is 5. The molecular weight excluding hydrogens is 334 g/mol. The van der Waals surface area contributed by atoms with Gasteiger partial charge in [0.2, 0.25) is 0 Å². The van der Waals surface area contributed by atoms with E-state index < -0.39 is 0 Å². The van der Waals surface area contributed by atoms with Crippen LogP contribution in [0.4, 0.5) is 0 Å². The van der Waals surface area contributed by atoms with Crippen LogP contribution in [0.5, 0.6) is 0 Å². The zero-order valence-electron chi connectivity index (χ0n) is 9.22. The predicted octanol–water partition coefficient (Wildman–Crippen LogP) is 4.13. The van der Waals surface area contributed by atoms with Crippen molar-refractivity contribution in [1.82, 2.24) is 5.32 Å². The zero-order valence-corrected chi connectivity index (χ0v) is 12.4. The summed E-state index contributed by atoms with van der Waals surface area (Å²) < 4.78 is 1.81. The quantitative estimate of drug-likeness (QED) is 0.796. The van der Waals surface area contributed by atoms with Gasteiger partial charge in [0.1, 0.15) is 0 Å². The van der Waals surface area contributed by atoms with E-state index in [0.29, 0.717) is 5.56 Å². The van der Waals surface area contributed by atoms with E-state index >= 15 is 0 Å². The van der Waals surface area contributed by atoms with Crippen LogP contribution in [0.1, 0.15) is 36.5 Å². The van der Waals surface area contributed by atoms with E-state index in [1.807, 2.05) is 18.2 Å². The Morgan fingerprint density at radius 3 is 2.38 bits per heavy atom. The average molecular weight is 349 g/mol. The number of hydrogen-bond acceptors (Lipinski definition) is 1. The number of hydrogen-bond donors (Lipinski definition) is 1. The maximum absolute atomic E-state index is 11.8. The Balaban J connectivity index is 2.52. The van der Waals surface area contributed by atoms with Gasteiger partial charge in [0.15, 0.2) is 0 Å². The third kappa shape index (κ3) is 4.66. The lowest BCUT2D eigenvalue weighted by atomic mass is 10.2. The molecule has 16 heavy (non-hydrogen) atoms. The molecular formula is C12H15Br2NO. The number of carbonyl (C=O) groups excluding carboxylic acids is 1. The molecule has 0 fully saturated rings. The molecule has 0 aliphatic heterocycles. The number of unbranched alkanes of at least 4 members (excludes halogenated alkanes) is 2. The van der Waals surface area contributed by atoms with Crippen LogP contribution in [0.25, 0.3) is 0 Å². The van der Waals surface area contributed by atoms with Crippen molar-refractivity contribution >= 4 is 37.8 Å². The van der Waals surface area contributed by atoms with Crippen LogP contribution >= 0.6 is 31.9 Å². The summed E-state index contributed by atoms with van der Waals surface area (Å²) in [6.07, 6.45) is 3.36. The van der Waals surface area contributed by atoms with Crippen LogP contribution in [-0.2, 0) is 0 Å². The first-order valence-corrected chi connectivity index (χ1v) is 6.96. The molecule has 1 aromatic rings. The molecule has 0 heterocycles. The van der Waals surface area contributed by atoms with Crippen LogP contribution in [-0.4, -0.2) is 12.5 Å². The largest absolute Gasteiger partial charge is 0.352 e. The number of amides is 1. The molecule has 0 saturated carbocycles. The Morgan fingerprint density at radius 1 is 1.19 bits per heavy atom. The predicted molar refractivity (Wildman–Crippen MR) is 73.7 cm³/mol. The van der Waals surface area contributed by atoms with Gasteiger partial charge in [-0.2, -0.15) is 0 Å². The first-order chi connectivity index (χ1) is 7.63. The fourth-order valence-electron chi connectivity index (χ4n) is 1.36. The SMILES string of the molecule is CCCCCNC(=O)c1cc(Br)cc(Br)c1. The van der Waals surface area contributed by atoms with Crippen molar-refractivity contribution in [1.29, 1.82) is 0 Å². The van der Waals surface area contributed by atoms with Gasteiger partial charge in [0, 0.05) is 21.1 Å².